The van der Waals surface area contributed by atoms with E-state index in [9.17, 15) is 4.79 Å². The summed E-state index contributed by atoms with van der Waals surface area (Å²) >= 11 is 0. The van der Waals surface area contributed by atoms with E-state index in [2.05, 4.69) is 36.4 Å². The van der Waals surface area contributed by atoms with Crippen molar-refractivity contribution in [2.45, 2.75) is 25.7 Å². The summed E-state index contributed by atoms with van der Waals surface area (Å²) in [6, 6.07) is 20.2. The molecule has 0 unspecified atom stereocenters. The van der Waals surface area contributed by atoms with Crippen LogP contribution in [0.2, 0.25) is 0 Å². The molecule has 5 heteroatoms. The molecule has 0 saturated carbocycles. The summed E-state index contributed by atoms with van der Waals surface area (Å²) in [5.74, 6) is 1.39. The highest BCUT2D eigenvalue weighted by Gasteiger charge is 2.28. The average Bonchev–Trinajstić information content (AvgIpc) is 2.83. The number of hydrogen-bond donors (Lipinski definition) is 0. The number of carbonyl (C=O) groups excluding carboxylic acids is 1. The van der Waals surface area contributed by atoms with Gasteiger partial charge in [0.1, 0.15) is 0 Å². The minimum Gasteiger partial charge on any atom is -0.493 e. The molecule has 1 aliphatic rings. The van der Waals surface area contributed by atoms with Crippen LogP contribution in [0.15, 0.2) is 60.7 Å². The summed E-state index contributed by atoms with van der Waals surface area (Å²) < 4.78 is 10.8. The van der Waals surface area contributed by atoms with Crippen LogP contribution in [0.1, 0.15) is 40.5 Å². The van der Waals surface area contributed by atoms with E-state index < -0.39 is 0 Å². The Kier molecular flexibility index (Phi) is 6.21. The molecule has 0 aliphatic carbocycles. The van der Waals surface area contributed by atoms with Crippen LogP contribution in [0.3, 0.4) is 0 Å². The first-order chi connectivity index (χ1) is 15.1. The van der Waals surface area contributed by atoms with E-state index in [-0.39, 0.29) is 5.91 Å². The fourth-order valence-electron chi connectivity index (χ4n) is 4.30. The third kappa shape index (κ3) is 4.41. The van der Waals surface area contributed by atoms with E-state index in [1.165, 1.54) is 11.1 Å². The van der Waals surface area contributed by atoms with Gasteiger partial charge in [-0.15, -0.1) is 0 Å². The van der Waals surface area contributed by atoms with E-state index in [1.807, 2.05) is 24.0 Å². The number of methoxy groups -OCH3 is 2. The normalized spacial score (nSPS) is 14.4. The topological polar surface area (TPSA) is 51.7 Å². The van der Waals surface area contributed by atoms with Crippen molar-refractivity contribution in [1.29, 1.82) is 0 Å². The number of aromatic nitrogens is 1. The molecule has 1 aliphatic heterocycles. The lowest BCUT2D eigenvalue weighted by atomic mass is 9.91. The zero-order valence-corrected chi connectivity index (χ0v) is 18.3. The molecule has 0 atom stereocenters. The molecule has 0 N–H and O–H groups in total. The Morgan fingerprint density at radius 3 is 2.35 bits per heavy atom. The number of rotatable bonds is 5. The van der Waals surface area contributed by atoms with Crippen LogP contribution in [-0.2, 0) is 0 Å². The van der Waals surface area contributed by atoms with Crippen LogP contribution in [0.25, 0.3) is 11.1 Å². The monoisotopic (exact) mass is 416 g/mol. The van der Waals surface area contributed by atoms with E-state index in [1.54, 1.807) is 26.4 Å². The Bertz CT molecular complexity index is 1060. The Hall–Kier alpha value is -3.34. The van der Waals surface area contributed by atoms with E-state index in [4.69, 9.17) is 14.5 Å². The standard InChI is InChI=1S/C26H28N2O3/c1-18-16-21(19-8-5-4-6-9-19)17-23(27-18)20-12-14-28(15-13-20)26(29)22-10-7-11-24(30-2)25(22)31-3/h4-11,16-17,20H,12-15H2,1-3H3. The first-order valence-corrected chi connectivity index (χ1v) is 10.6. The van der Waals surface area contributed by atoms with Gasteiger partial charge in [-0.2, -0.15) is 0 Å². The summed E-state index contributed by atoms with van der Waals surface area (Å²) in [6.45, 7) is 3.43. The molecule has 3 aromatic rings. The van der Waals surface area contributed by atoms with Crippen molar-refractivity contribution in [2.75, 3.05) is 27.3 Å². The zero-order valence-electron chi connectivity index (χ0n) is 18.3. The van der Waals surface area contributed by atoms with Gasteiger partial charge in [-0.1, -0.05) is 36.4 Å². The number of hydrogen-bond acceptors (Lipinski definition) is 4. The fraction of sp³-hybridized carbons (Fsp3) is 0.308. The Morgan fingerprint density at radius 2 is 1.68 bits per heavy atom. The van der Waals surface area contributed by atoms with Crippen molar-refractivity contribution in [3.63, 3.8) is 0 Å². The van der Waals surface area contributed by atoms with Gasteiger partial charge in [-0.05, 0) is 55.2 Å². The van der Waals surface area contributed by atoms with Crippen LogP contribution < -0.4 is 9.47 Å². The molecular weight excluding hydrogens is 388 g/mol. The minimum absolute atomic E-state index is 0.0172. The second-order valence-corrected chi connectivity index (χ2v) is 7.90. The third-order valence-corrected chi connectivity index (χ3v) is 5.91. The smallest absolute Gasteiger partial charge is 0.257 e. The Morgan fingerprint density at radius 1 is 0.935 bits per heavy atom. The summed E-state index contributed by atoms with van der Waals surface area (Å²) in [7, 11) is 3.14. The quantitative estimate of drug-likeness (QED) is 0.581. The highest BCUT2D eigenvalue weighted by molar-refractivity contribution is 5.97. The number of nitrogens with zero attached hydrogens (tertiary/aromatic N) is 2. The summed E-state index contributed by atoms with van der Waals surface area (Å²) in [5, 5.41) is 0. The first kappa shape index (κ1) is 20.9. The maximum atomic E-state index is 13.2. The average molecular weight is 417 g/mol. The van der Waals surface area contributed by atoms with E-state index >= 15 is 0 Å². The van der Waals surface area contributed by atoms with E-state index in [0.29, 0.717) is 36.1 Å². The summed E-state index contributed by atoms with van der Waals surface area (Å²) in [6.07, 6.45) is 1.78. The van der Waals surface area contributed by atoms with Crippen LogP contribution >= 0.6 is 0 Å². The number of amides is 1. The third-order valence-electron chi connectivity index (χ3n) is 5.91. The molecule has 4 rings (SSSR count). The van der Waals surface area contributed by atoms with Gasteiger partial charge in [-0.25, -0.2) is 0 Å². The number of para-hydroxylation sites is 1. The van der Waals surface area contributed by atoms with Crippen molar-refractivity contribution in [3.8, 4) is 22.6 Å². The predicted octanol–water partition coefficient (Wildman–Crippen LogP) is 5.09. The Balaban J connectivity index is 1.50. The lowest BCUT2D eigenvalue weighted by Gasteiger charge is -2.32. The Labute approximate surface area is 183 Å². The van der Waals surface area contributed by atoms with E-state index in [0.717, 1.165) is 24.2 Å². The molecule has 5 nitrogen and oxygen atoms in total. The van der Waals surface area contributed by atoms with Crippen LogP contribution in [0, 0.1) is 6.92 Å². The molecule has 1 aromatic heterocycles. The van der Waals surface area contributed by atoms with Crippen molar-refractivity contribution in [3.05, 3.63) is 77.6 Å². The molecule has 1 saturated heterocycles. The SMILES string of the molecule is COc1cccc(C(=O)N2CCC(c3cc(-c4ccccc4)cc(C)n3)CC2)c1OC. The number of ether oxygens (including phenoxy) is 2. The highest BCUT2D eigenvalue weighted by atomic mass is 16.5. The largest absolute Gasteiger partial charge is 0.493 e. The molecule has 0 bridgehead atoms. The van der Waals surface area contributed by atoms with Gasteiger partial charge in [0.25, 0.3) is 5.91 Å². The molecule has 31 heavy (non-hydrogen) atoms. The number of benzene rings is 2. The number of carbonyl (C=O) groups is 1. The predicted molar refractivity (Wildman–Crippen MR) is 122 cm³/mol. The van der Waals surface area contributed by atoms with Gasteiger partial charge in [0.2, 0.25) is 0 Å². The lowest BCUT2D eigenvalue weighted by molar-refractivity contribution is 0.0708. The zero-order chi connectivity index (χ0) is 21.8. The van der Waals surface area contributed by atoms with Crippen molar-refractivity contribution in [1.82, 2.24) is 9.88 Å². The van der Waals surface area contributed by atoms with Crippen molar-refractivity contribution < 1.29 is 14.3 Å². The number of likely N-dealkylation sites (tertiary alicyclic amines) is 1. The molecule has 0 spiro atoms. The molecule has 0 radical (unpaired) electrons. The van der Waals surface area contributed by atoms with Crippen molar-refractivity contribution in [2.24, 2.45) is 0 Å². The summed E-state index contributed by atoms with van der Waals surface area (Å²) in [4.78, 5) is 19.9. The molecule has 160 valence electrons. The molecule has 1 amide bonds. The maximum Gasteiger partial charge on any atom is 0.257 e. The van der Waals surface area contributed by atoms with Gasteiger partial charge in [0.05, 0.1) is 19.8 Å². The van der Waals surface area contributed by atoms with Gasteiger partial charge < -0.3 is 14.4 Å². The van der Waals surface area contributed by atoms with Gasteiger partial charge in [-0.3, -0.25) is 9.78 Å². The maximum absolute atomic E-state index is 13.2. The summed E-state index contributed by atoms with van der Waals surface area (Å²) in [5.41, 5.74) is 5.08. The number of piperidine rings is 1. The lowest BCUT2D eigenvalue weighted by Crippen LogP contribution is -2.38. The second kappa shape index (κ2) is 9.21. The van der Waals surface area contributed by atoms with Crippen LogP contribution in [-0.4, -0.2) is 43.1 Å². The highest BCUT2D eigenvalue weighted by Crippen LogP contribution is 2.34. The van der Waals surface area contributed by atoms with Crippen LogP contribution in [0.4, 0.5) is 0 Å². The molecule has 1 fully saturated rings. The number of pyridine rings is 1. The molecule has 2 aromatic carbocycles. The first-order valence-electron chi connectivity index (χ1n) is 10.6. The number of aryl methyl sites for hydroxylation is 1. The van der Waals surface area contributed by atoms with Crippen LogP contribution in [0.5, 0.6) is 11.5 Å². The molecular formula is C26H28N2O3. The molecule has 2 heterocycles. The van der Waals surface area contributed by atoms with Crippen molar-refractivity contribution >= 4 is 5.91 Å². The fourth-order valence-corrected chi connectivity index (χ4v) is 4.30. The van der Waals surface area contributed by atoms with Gasteiger partial charge >= 0.3 is 0 Å². The minimum atomic E-state index is -0.0172. The second-order valence-electron chi connectivity index (χ2n) is 7.90. The van der Waals surface area contributed by atoms with Gasteiger partial charge in [0.15, 0.2) is 11.5 Å². The van der Waals surface area contributed by atoms with Gasteiger partial charge in [0, 0.05) is 30.4 Å².